The van der Waals surface area contributed by atoms with Crippen LogP contribution in [0, 0.1) is 0 Å². The Labute approximate surface area is 189 Å². The number of likely N-dealkylation sites (N-methyl/N-ethyl adjacent to an activating group) is 1. The van der Waals surface area contributed by atoms with Gasteiger partial charge in [0.25, 0.3) is 0 Å². The number of nitrogens with one attached hydrogen (secondary N) is 1. The zero-order chi connectivity index (χ0) is 22.5. The molecule has 1 atom stereocenters. The highest BCUT2D eigenvalue weighted by Crippen LogP contribution is 2.23. The number of likely N-dealkylation sites (tertiary alicyclic amines) is 1. The smallest absolute Gasteiger partial charge is 0.227 e. The molecule has 2 aromatic carbocycles. The number of ether oxygens (including phenoxy) is 1. The average Bonchev–Trinajstić information content (AvgIpc) is 3.29. The maximum absolute atomic E-state index is 11.6. The number of hydrogen-bond acceptors (Lipinski definition) is 6. The van der Waals surface area contributed by atoms with Crippen LogP contribution in [0.15, 0.2) is 60.9 Å². The molecular weight excluding hydrogens is 402 g/mol. The van der Waals surface area contributed by atoms with Crippen LogP contribution in [0.5, 0.6) is 5.75 Å². The van der Waals surface area contributed by atoms with Crippen molar-refractivity contribution in [2.75, 3.05) is 32.6 Å². The van der Waals surface area contributed by atoms with E-state index in [0.717, 1.165) is 48.6 Å². The lowest BCUT2D eigenvalue weighted by Gasteiger charge is -2.23. The van der Waals surface area contributed by atoms with E-state index in [4.69, 9.17) is 4.74 Å². The quantitative estimate of drug-likeness (QED) is 0.611. The van der Waals surface area contributed by atoms with Crippen molar-refractivity contribution in [1.29, 1.82) is 0 Å². The minimum atomic E-state index is 0.131. The van der Waals surface area contributed by atoms with Gasteiger partial charge in [-0.05, 0) is 41.8 Å². The molecular formula is C25H29N5O2. The fourth-order valence-electron chi connectivity index (χ4n) is 3.93. The maximum atomic E-state index is 11.6. The Balaban J connectivity index is 1.32. The first-order valence-electron chi connectivity index (χ1n) is 10.8. The number of rotatable bonds is 7. The van der Waals surface area contributed by atoms with Crippen LogP contribution in [0.2, 0.25) is 0 Å². The summed E-state index contributed by atoms with van der Waals surface area (Å²) in [6.07, 6.45) is 4.65. The molecule has 7 heteroatoms. The Morgan fingerprint density at radius 1 is 1.09 bits per heavy atom. The summed E-state index contributed by atoms with van der Waals surface area (Å²) in [6, 6.07) is 16.5. The highest BCUT2D eigenvalue weighted by molar-refractivity contribution is 5.73. The number of aromatic nitrogens is 2. The minimum absolute atomic E-state index is 0.131. The summed E-state index contributed by atoms with van der Waals surface area (Å²) >= 11 is 0. The number of carbonyl (C=O) groups excluding carboxylic acids is 1. The van der Waals surface area contributed by atoms with Crippen molar-refractivity contribution < 1.29 is 9.53 Å². The molecule has 1 N–H and O–H groups in total. The molecule has 1 amide bonds. The Morgan fingerprint density at radius 3 is 2.41 bits per heavy atom. The van der Waals surface area contributed by atoms with E-state index in [-0.39, 0.29) is 5.91 Å². The van der Waals surface area contributed by atoms with Gasteiger partial charge in [0.05, 0.1) is 7.11 Å². The lowest BCUT2D eigenvalue weighted by atomic mass is 10.1. The number of hydrogen-bond donors (Lipinski definition) is 1. The van der Waals surface area contributed by atoms with E-state index in [9.17, 15) is 4.79 Å². The molecule has 1 saturated heterocycles. The predicted octanol–water partition coefficient (Wildman–Crippen LogP) is 3.95. The molecule has 4 rings (SSSR count). The lowest BCUT2D eigenvalue weighted by Crippen LogP contribution is -2.37. The summed E-state index contributed by atoms with van der Waals surface area (Å²) in [6.45, 7) is 4.45. The third-order valence-electron chi connectivity index (χ3n) is 5.98. The summed E-state index contributed by atoms with van der Waals surface area (Å²) in [7, 11) is 3.55. The second-order valence-corrected chi connectivity index (χ2v) is 8.15. The number of methoxy groups -OCH3 is 1. The molecule has 7 nitrogen and oxygen atoms in total. The van der Waals surface area contributed by atoms with E-state index in [1.54, 1.807) is 14.0 Å². The van der Waals surface area contributed by atoms with E-state index in [2.05, 4.69) is 32.3 Å². The topological polar surface area (TPSA) is 70.6 Å². The summed E-state index contributed by atoms with van der Waals surface area (Å²) < 4.78 is 5.20. The second kappa shape index (κ2) is 9.78. The van der Waals surface area contributed by atoms with Crippen molar-refractivity contribution in [3.8, 4) is 16.9 Å². The Morgan fingerprint density at radius 2 is 1.78 bits per heavy atom. The minimum Gasteiger partial charge on any atom is -0.497 e. The van der Waals surface area contributed by atoms with Gasteiger partial charge in [-0.1, -0.05) is 24.3 Å². The van der Waals surface area contributed by atoms with Crippen LogP contribution in [-0.4, -0.2) is 59.0 Å². The fraction of sp³-hybridized carbons (Fsp3) is 0.320. The molecule has 0 saturated carbocycles. The van der Waals surface area contributed by atoms with E-state index in [0.29, 0.717) is 12.0 Å². The second-order valence-electron chi connectivity index (χ2n) is 8.15. The maximum Gasteiger partial charge on any atom is 0.227 e. The van der Waals surface area contributed by atoms with Gasteiger partial charge in [0, 0.05) is 63.3 Å². The van der Waals surface area contributed by atoms with Crippen LogP contribution in [0.4, 0.5) is 11.6 Å². The molecule has 0 spiro atoms. The molecule has 0 aliphatic carbocycles. The van der Waals surface area contributed by atoms with Gasteiger partial charge in [-0.3, -0.25) is 9.69 Å². The summed E-state index contributed by atoms with van der Waals surface area (Å²) in [5.41, 5.74) is 4.19. The Hall–Kier alpha value is -3.45. The zero-order valence-corrected chi connectivity index (χ0v) is 18.8. The van der Waals surface area contributed by atoms with Crippen LogP contribution >= 0.6 is 0 Å². The summed E-state index contributed by atoms with van der Waals surface area (Å²) in [5.74, 6) is 1.51. The van der Waals surface area contributed by atoms with Gasteiger partial charge >= 0.3 is 0 Å². The van der Waals surface area contributed by atoms with Crippen molar-refractivity contribution in [2.24, 2.45) is 0 Å². The van der Waals surface area contributed by atoms with Gasteiger partial charge in [0.15, 0.2) is 0 Å². The normalized spacial score (nSPS) is 16.0. The fourth-order valence-corrected chi connectivity index (χ4v) is 3.93. The van der Waals surface area contributed by atoms with Gasteiger partial charge in [-0.25, -0.2) is 9.97 Å². The first-order valence-corrected chi connectivity index (χ1v) is 10.8. The third kappa shape index (κ3) is 5.23. The lowest BCUT2D eigenvalue weighted by molar-refractivity contribution is -0.129. The van der Waals surface area contributed by atoms with Crippen LogP contribution < -0.4 is 10.1 Å². The number of carbonyl (C=O) groups is 1. The number of benzene rings is 2. The van der Waals surface area contributed by atoms with Crippen LogP contribution in [0.3, 0.4) is 0 Å². The van der Waals surface area contributed by atoms with Crippen molar-refractivity contribution in [2.45, 2.75) is 25.9 Å². The van der Waals surface area contributed by atoms with Gasteiger partial charge in [0.2, 0.25) is 11.9 Å². The van der Waals surface area contributed by atoms with Gasteiger partial charge in [0.1, 0.15) is 5.75 Å². The summed E-state index contributed by atoms with van der Waals surface area (Å²) in [5, 5.41) is 3.26. The molecule has 1 aliphatic rings. The van der Waals surface area contributed by atoms with E-state index < -0.39 is 0 Å². The monoisotopic (exact) mass is 431 g/mol. The summed E-state index contributed by atoms with van der Waals surface area (Å²) in [4.78, 5) is 24.7. The van der Waals surface area contributed by atoms with Crippen LogP contribution in [-0.2, 0) is 11.3 Å². The Kier molecular flexibility index (Phi) is 6.66. The van der Waals surface area contributed by atoms with Crippen molar-refractivity contribution in [3.05, 3.63) is 66.5 Å². The average molecular weight is 432 g/mol. The molecule has 0 radical (unpaired) electrons. The molecule has 0 bridgehead atoms. The molecule has 32 heavy (non-hydrogen) atoms. The first-order chi connectivity index (χ1) is 15.5. The van der Waals surface area contributed by atoms with E-state index >= 15 is 0 Å². The molecule has 3 aromatic rings. The van der Waals surface area contributed by atoms with Crippen molar-refractivity contribution >= 4 is 17.5 Å². The molecule has 1 aliphatic heterocycles. The van der Waals surface area contributed by atoms with Crippen molar-refractivity contribution in [1.82, 2.24) is 19.8 Å². The molecule has 1 fully saturated rings. The van der Waals surface area contributed by atoms with E-state index in [1.165, 1.54) is 5.56 Å². The van der Waals surface area contributed by atoms with Gasteiger partial charge in [-0.2, -0.15) is 0 Å². The molecule has 166 valence electrons. The highest BCUT2D eigenvalue weighted by Gasteiger charge is 2.26. The van der Waals surface area contributed by atoms with Crippen molar-refractivity contribution in [3.63, 3.8) is 0 Å². The van der Waals surface area contributed by atoms with Gasteiger partial charge < -0.3 is 15.0 Å². The van der Waals surface area contributed by atoms with Gasteiger partial charge in [-0.15, -0.1) is 0 Å². The first kappa shape index (κ1) is 21.8. The number of nitrogens with zero attached hydrogens (tertiary/aromatic N) is 4. The van der Waals surface area contributed by atoms with Crippen LogP contribution in [0.25, 0.3) is 11.1 Å². The SMILES string of the molecule is COc1ccc(-c2cnc(Nc3ccc(CN4CCC(N(C)C(C)=O)C4)cc3)nc2)cc1. The predicted molar refractivity (Wildman–Crippen MR) is 126 cm³/mol. The molecule has 2 heterocycles. The number of anilines is 2. The van der Waals surface area contributed by atoms with Crippen LogP contribution in [0.1, 0.15) is 18.9 Å². The highest BCUT2D eigenvalue weighted by atomic mass is 16.5. The molecule has 1 aromatic heterocycles. The largest absolute Gasteiger partial charge is 0.497 e. The standard InChI is InChI=1S/C25H29N5O2/c1-18(31)29(2)23-12-13-30(17-23)16-19-4-8-22(9-5-19)28-25-26-14-21(15-27-25)20-6-10-24(32-3)11-7-20/h4-11,14-15,23H,12-13,16-17H2,1-3H3,(H,26,27,28). The number of amides is 1. The third-order valence-corrected chi connectivity index (χ3v) is 5.98. The van der Waals surface area contributed by atoms with E-state index in [1.807, 2.05) is 60.7 Å². The molecule has 1 unspecified atom stereocenters. The Bertz CT molecular complexity index is 1040. The zero-order valence-electron chi connectivity index (χ0n) is 18.8.